The molecule has 2 saturated heterocycles. The Bertz CT molecular complexity index is 767. The van der Waals surface area contributed by atoms with E-state index < -0.39 is 23.0 Å². The molecule has 5 nitrogen and oxygen atoms in total. The van der Waals surface area contributed by atoms with E-state index in [0.717, 1.165) is 6.07 Å². The molecule has 1 N–H and O–H groups in total. The Morgan fingerprint density at radius 3 is 2.33 bits per heavy atom. The third-order valence-electron chi connectivity index (χ3n) is 6.74. The zero-order valence-corrected chi connectivity index (χ0v) is 15.0. The average Bonchev–Trinajstić information content (AvgIpc) is 3.36. The number of nitrogens with zero attached hydrogens (tertiary/aromatic N) is 1. The van der Waals surface area contributed by atoms with Crippen LogP contribution in [-0.2, 0) is 19.7 Å². The smallest absolute Gasteiger partial charge is 0.307 e. The van der Waals surface area contributed by atoms with Crippen molar-refractivity contribution in [1.82, 2.24) is 4.90 Å². The molecule has 2 aliphatic heterocycles. The van der Waals surface area contributed by atoms with Crippen molar-refractivity contribution in [3.05, 3.63) is 35.4 Å². The Balaban J connectivity index is 1.57. The van der Waals surface area contributed by atoms with Crippen molar-refractivity contribution < 1.29 is 28.2 Å². The van der Waals surface area contributed by atoms with E-state index in [0.29, 0.717) is 58.4 Å². The van der Waals surface area contributed by atoms with Gasteiger partial charge >= 0.3 is 5.97 Å². The van der Waals surface area contributed by atoms with Gasteiger partial charge in [-0.05, 0) is 43.6 Å². The first-order chi connectivity index (χ1) is 12.9. The molecule has 1 aliphatic carbocycles. The maximum Gasteiger partial charge on any atom is 0.307 e. The zero-order valence-electron chi connectivity index (χ0n) is 15.0. The van der Waals surface area contributed by atoms with E-state index in [1.165, 1.54) is 12.1 Å². The molecule has 1 spiro atoms. The van der Waals surface area contributed by atoms with Crippen LogP contribution in [0.3, 0.4) is 0 Å². The van der Waals surface area contributed by atoms with Crippen LogP contribution in [0.4, 0.5) is 8.78 Å². The number of likely N-dealkylation sites (tertiary alicyclic amines) is 1. The molecular weight excluding hydrogens is 356 g/mol. The number of hydrogen-bond donors (Lipinski definition) is 1. The zero-order chi connectivity index (χ0) is 19.2. The third kappa shape index (κ3) is 3.02. The van der Waals surface area contributed by atoms with Crippen LogP contribution in [0.15, 0.2) is 18.2 Å². The molecule has 0 radical (unpaired) electrons. The van der Waals surface area contributed by atoms with Crippen molar-refractivity contribution >= 4 is 11.9 Å². The van der Waals surface area contributed by atoms with Crippen LogP contribution in [-0.4, -0.2) is 48.2 Å². The summed E-state index contributed by atoms with van der Waals surface area (Å²) < 4.78 is 33.3. The van der Waals surface area contributed by atoms with Crippen molar-refractivity contribution in [3.63, 3.8) is 0 Å². The molecule has 1 amide bonds. The largest absolute Gasteiger partial charge is 0.481 e. The van der Waals surface area contributed by atoms with E-state index in [4.69, 9.17) is 4.74 Å². The minimum atomic E-state index is -1.05. The monoisotopic (exact) mass is 379 g/mol. The van der Waals surface area contributed by atoms with E-state index >= 15 is 0 Å². The lowest BCUT2D eigenvalue weighted by Gasteiger charge is -2.42. The highest BCUT2D eigenvalue weighted by Gasteiger charge is 2.59. The molecule has 3 fully saturated rings. The van der Waals surface area contributed by atoms with Crippen LogP contribution in [0.25, 0.3) is 0 Å². The highest BCUT2D eigenvalue weighted by Crippen LogP contribution is 2.59. The summed E-state index contributed by atoms with van der Waals surface area (Å²) in [6.45, 7) is 1.66. The van der Waals surface area contributed by atoms with Crippen molar-refractivity contribution in [1.29, 1.82) is 0 Å². The summed E-state index contributed by atoms with van der Waals surface area (Å²) in [7, 11) is 0. The number of amides is 1. The highest BCUT2D eigenvalue weighted by atomic mass is 19.1. The van der Waals surface area contributed by atoms with Gasteiger partial charge in [-0.2, -0.15) is 0 Å². The third-order valence-corrected chi connectivity index (χ3v) is 6.74. The van der Waals surface area contributed by atoms with Crippen molar-refractivity contribution in [2.75, 3.05) is 26.3 Å². The van der Waals surface area contributed by atoms with E-state index in [9.17, 15) is 23.5 Å². The van der Waals surface area contributed by atoms with Gasteiger partial charge in [-0.1, -0.05) is 6.07 Å². The van der Waals surface area contributed by atoms with Crippen LogP contribution in [0.5, 0.6) is 0 Å². The SMILES string of the molecule is O=C(O)C1CC12CCN(C(=O)C1(c3ccc(F)cc3F)CCOCC1)CC2. The van der Waals surface area contributed by atoms with Gasteiger partial charge in [0.1, 0.15) is 11.6 Å². The lowest BCUT2D eigenvalue weighted by atomic mass is 9.72. The van der Waals surface area contributed by atoms with Crippen molar-refractivity contribution in [2.24, 2.45) is 11.3 Å². The van der Waals surface area contributed by atoms with Crippen molar-refractivity contribution in [2.45, 2.75) is 37.5 Å². The summed E-state index contributed by atoms with van der Waals surface area (Å²) in [4.78, 5) is 26.4. The summed E-state index contributed by atoms with van der Waals surface area (Å²) in [5.41, 5.74) is -0.990. The van der Waals surface area contributed by atoms with Crippen LogP contribution in [0, 0.1) is 23.0 Å². The fourth-order valence-electron chi connectivity index (χ4n) is 4.90. The van der Waals surface area contributed by atoms with E-state index in [1.807, 2.05) is 0 Å². The number of piperidine rings is 1. The molecule has 1 saturated carbocycles. The minimum Gasteiger partial charge on any atom is -0.481 e. The molecule has 1 aromatic carbocycles. The van der Waals surface area contributed by atoms with Gasteiger partial charge in [0.2, 0.25) is 5.91 Å². The van der Waals surface area contributed by atoms with Gasteiger partial charge < -0.3 is 14.7 Å². The maximum absolute atomic E-state index is 14.6. The number of aliphatic carboxylic acids is 1. The quantitative estimate of drug-likeness (QED) is 0.877. The highest BCUT2D eigenvalue weighted by molar-refractivity contribution is 5.88. The summed E-state index contributed by atoms with van der Waals surface area (Å²) in [6.07, 6.45) is 2.71. The molecule has 0 bridgehead atoms. The molecule has 1 atom stereocenters. The number of carbonyl (C=O) groups excluding carboxylic acids is 1. The molecule has 3 aliphatic rings. The van der Waals surface area contributed by atoms with Gasteiger partial charge in [-0.3, -0.25) is 9.59 Å². The number of hydrogen-bond acceptors (Lipinski definition) is 3. The van der Waals surface area contributed by atoms with E-state index in [-0.39, 0.29) is 22.8 Å². The van der Waals surface area contributed by atoms with Gasteiger partial charge in [0.15, 0.2) is 0 Å². The summed E-state index contributed by atoms with van der Waals surface area (Å²) in [6, 6.07) is 3.39. The number of carbonyl (C=O) groups is 2. The second kappa shape index (κ2) is 6.55. The molecule has 4 rings (SSSR count). The predicted molar refractivity (Wildman–Crippen MR) is 92.1 cm³/mol. The Morgan fingerprint density at radius 2 is 1.78 bits per heavy atom. The van der Waals surface area contributed by atoms with Crippen molar-refractivity contribution in [3.8, 4) is 0 Å². The molecule has 2 heterocycles. The summed E-state index contributed by atoms with van der Waals surface area (Å²) in [5.74, 6) is -2.59. The molecule has 0 aromatic heterocycles. The van der Waals surface area contributed by atoms with Crippen LogP contribution >= 0.6 is 0 Å². The number of benzene rings is 1. The first-order valence-corrected chi connectivity index (χ1v) is 9.43. The van der Waals surface area contributed by atoms with Crippen LogP contribution in [0.2, 0.25) is 0 Å². The number of rotatable bonds is 3. The Morgan fingerprint density at radius 1 is 1.11 bits per heavy atom. The van der Waals surface area contributed by atoms with E-state index in [2.05, 4.69) is 0 Å². The number of carboxylic acids is 1. The average molecular weight is 379 g/mol. The van der Waals surface area contributed by atoms with Crippen LogP contribution in [0.1, 0.15) is 37.7 Å². The fourth-order valence-corrected chi connectivity index (χ4v) is 4.90. The summed E-state index contributed by atoms with van der Waals surface area (Å²) >= 11 is 0. The molecule has 1 unspecified atom stereocenters. The second-order valence-corrected chi connectivity index (χ2v) is 8.07. The molecule has 7 heteroatoms. The molecule has 1 aromatic rings. The molecule has 146 valence electrons. The first kappa shape index (κ1) is 18.3. The maximum atomic E-state index is 14.6. The number of carboxylic acid groups (broad SMARTS) is 1. The first-order valence-electron chi connectivity index (χ1n) is 9.43. The van der Waals surface area contributed by atoms with Gasteiger partial charge in [-0.15, -0.1) is 0 Å². The summed E-state index contributed by atoms with van der Waals surface area (Å²) in [5, 5.41) is 9.23. The number of halogens is 2. The van der Waals surface area contributed by atoms with Crippen LogP contribution < -0.4 is 0 Å². The normalized spacial score (nSPS) is 26.0. The lowest BCUT2D eigenvalue weighted by Crippen LogP contribution is -2.52. The lowest BCUT2D eigenvalue weighted by molar-refractivity contribution is -0.143. The Kier molecular flexibility index (Phi) is 4.45. The van der Waals surface area contributed by atoms with Gasteiger partial charge in [-0.25, -0.2) is 8.78 Å². The van der Waals surface area contributed by atoms with E-state index in [1.54, 1.807) is 4.90 Å². The fraction of sp³-hybridized carbons (Fsp3) is 0.600. The van der Waals surface area contributed by atoms with Gasteiger partial charge in [0.25, 0.3) is 0 Å². The topological polar surface area (TPSA) is 66.8 Å². The van der Waals surface area contributed by atoms with Gasteiger partial charge in [0.05, 0.1) is 11.3 Å². The molecular formula is C20H23F2NO4. The predicted octanol–water partition coefficient (Wildman–Crippen LogP) is 2.73. The second-order valence-electron chi connectivity index (χ2n) is 8.07. The molecule has 27 heavy (non-hydrogen) atoms. The number of ether oxygens (including phenoxy) is 1. The Hall–Kier alpha value is -2.02. The standard InChI is InChI=1S/C20H23F2NO4/c21-13-1-2-14(16(22)11-13)20(5-9-27-10-6-20)18(26)23-7-3-19(4-8-23)12-15(19)17(24)25/h1-2,11,15H,3-10,12H2,(H,24,25). The Labute approximate surface area is 156 Å². The minimum absolute atomic E-state index is 0.154. The van der Waals surface area contributed by atoms with Gasteiger partial charge in [0, 0.05) is 37.9 Å².